The number of phosphoric ester groups is 3. The maximum absolute atomic E-state index is 12.8. The highest BCUT2D eigenvalue weighted by Crippen LogP contribution is 2.61. The fraction of sp³-hybridized carbons (Fsp3) is 0.822. The van der Waals surface area contributed by atoms with Gasteiger partial charge < -0.3 is 56.0 Å². The number of carbonyl (C=O) groups is 3. The number of nitrogens with one attached hydrogen (secondary N) is 2. The van der Waals surface area contributed by atoms with Gasteiger partial charge in [0.05, 0.1) is 25.6 Å². The zero-order valence-electron chi connectivity index (χ0n) is 42.9. The van der Waals surface area contributed by atoms with Crippen molar-refractivity contribution in [3.8, 4) is 0 Å². The van der Waals surface area contributed by atoms with Crippen molar-refractivity contribution in [3.05, 3.63) is 12.7 Å². The monoisotopic (exact) mass is 1130 g/mol. The molecule has 5 unspecified atom stereocenters. The second-order valence-electron chi connectivity index (χ2n) is 19.3. The van der Waals surface area contributed by atoms with Gasteiger partial charge in [0.25, 0.3) is 0 Å². The summed E-state index contributed by atoms with van der Waals surface area (Å²) >= 11 is 1.01. The SMILES string of the molecule is CCCCCCCCCCCCCCCCCCCCCC(O)CC(=O)SCCNC(=O)CCNC(=O)[C@H](O)C(C)(C)COP(=O)(O)OP(=O)(O)OC[C@H]1O[C@@H](n2cnc3c(N)ncnc32)C(O)C1OP(=O)(O)O. The van der Waals surface area contributed by atoms with Crippen LogP contribution in [0.1, 0.15) is 168 Å². The first kappa shape index (κ1) is 65.8. The van der Waals surface area contributed by atoms with Gasteiger partial charge in [-0.3, -0.25) is 32.5 Å². The van der Waals surface area contributed by atoms with Crippen LogP contribution in [0.5, 0.6) is 0 Å². The molecule has 0 bridgehead atoms. The molecule has 2 aromatic heterocycles. The molecular formula is C45H82N7O18P3S. The second-order valence-corrected chi connectivity index (χ2v) is 24.7. The quantitative estimate of drug-likeness (QED) is 0.0260. The van der Waals surface area contributed by atoms with Gasteiger partial charge in [0.15, 0.2) is 22.8 Å². The molecule has 0 aromatic carbocycles. The molecular weight excluding hydrogens is 1050 g/mol. The standard InChI is InChI=1S/C45H82N7O18P3S/c1-4-5-6-7-8-9-10-11-12-13-14-15-16-17-18-19-20-21-22-23-33(53)28-36(55)74-27-26-47-35(54)24-25-48-43(58)40(57)45(2,3)30-67-73(64,65)70-72(62,63)66-29-34-39(69-71(59,60)61)38(56)44(68-34)52-32-51-37-41(46)49-31-50-42(37)52/h31-34,38-40,44,53,56-57H,4-30H2,1-3H3,(H,47,54)(H,48,58)(H,62,63)(H,64,65)(H2,46,49,50)(H2,59,60,61)/t33?,34-,38?,39?,40+,44-/m1/s1. The van der Waals surface area contributed by atoms with E-state index in [1.807, 2.05) is 0 Å². The zero-order chi connectivity index (χ0) is 54.8. The molecule has 25 nitrogen and oxygen atoms in total. The van der Waals surface area contributed by atoms with E-state index in [9.17, 15) is 63.0 Å². The Morgan fingerprint density at radius 1 is 0.811 bits per heavy atom. The average molecular weight is 1130 g/mol. The number of ether oxygens (including phenoxy) is 1. The Balaban J connectivity index is 1.24. The first-order valence-corrected chi connectivity index (χ1v) is 31.2. The summed E-state index contributed by atoms with van der Waals surface area (Å²) < 4.78 is 62.5. The van der Waals surface area contributed by atoms with Crippen molar-refractivity contribution in [2.75, 3.05) is 37.8 Å². The van der Waals surface area contributed by atoms with Gasteiger partial charge in [-0.25, -0.2) is 28.6 Å². The van der Waals surface area contributed by atoms with Gasteiger partial charge in [-0.1, -0.05) is 155 Å². The van der Waals surface area contributed by atoms with Crippen LogP contribution in [0.25, 0.3) is 11.2 Å². The molecule has 2 amide bonds. The second kappa shape index (κ2) is 33.7. The third-order valence-electron chi connectivity index (χ3n) is 12.3. The van der Waals surface area contributed by atoms with Crippen molar-refractivity contribution in [3.63, 3.8) is 0 Å². The number of fused-ring (bicyclic) bond motifs is 1. The fourth-order valence-electron chi connectivity index (χ4n) is 8.11. The van der Waals surface area contributed by atoms with Crippen molar-refractivity contribution in [1.29, 1.82) is 0 Å². The lowest BCUT2D eigenvalue weighted by Gasteiger charge is -2.30. The number of nitrogens with two attached hydrogens (primary N) is 1. The number of anilines is 1. The van der Waals surface area contributed by atoms with Gasteiger partial charge in [0, 0.05) is 37.1 Å². The highest BCUT2D eigenvalue weighted by molar-refractivity contribution is 8.13. The van der Waals surface area contributed by atoms with Gasteiger partial charge in [0.1, 0.15) is 36.3 Å². The summed E-state index contributed by atoms with van der Waals surface area (Å²) in [6, 6.07) is 0. The van der Waals surface area contributed by atoms with Crippen molar-refractivity contribution in [1.82, 2.24) is 30.2 Å². The maximum Gasteiger partial charge on any atom is 0.481 e. The van der Waals surface area contributed by atoms with Gasteiger partial charge >= 0.3 is 23.5 Å². The number of phosphoric acid groups is 3. The molecule has 8 atom stereocenters. The molecule has 11 N–H and O–H groups in total. The smallest absolute Gasteiger partial charge is 0.393 e. The van der Waals surface area contributed by atoms with E-state index in [-0.39, 0.29) is 53.8 Å². The normalized spacial score (nSPS) is 19.8. The number of unbranched alkanes of at least 4 members (excludes halogenated alkanes) is 18. The Hall–Kier alpha value is -2.48. The molecule has 1 aliphatic rings. The van der Waals surface area contributed by atoms with E-state index in [0.717, 1.165) is 48.2 Å². The number of hydrogen-bond acceptors (Lipinski definition) is 19. The minimum atomic E-state index is -5.59. The lowest BCUT2D eigenvalue weighted by Crippen LogP contribution is -2.46. The van der Waals surface area contributed by atoms with Crippen LogP contribution in [0, 0.1) is 5.41 Å². The van der Waals surface area contributed by atoms with Crippen LogP contribution < -0.4 is 16.4 Å². The molecule has 74 heavy (non-hydrogen) atoms. The summed E-state index contributed by atoms with van der Waals surface area (Å²) in [5.74, 6) is -1.21. The van der Waals surface area contributed by atoms with Crippen LogP contribution >= 0.6 is 35.2 Å². The van der Waals surface area contributed by atoms with E-state index in [1.165, 1.54) is 117 Å². The highest BCUT2D eigenvalue weighted by Gasteiger charge is 2.50. The predicted octanol–water partition coefficient (Wildman–Crippen LogP) is 6.24. The molecule has 0 spiro atoms. The first-order chi connectivity index (χ1) is 34.9. The van der Waals surface area contributed by atoms with Crippen molar-refractivity contribution >= 4 is 69.1 Å². The maximum atomic E-state index is 12.8. The lowest BCUT2D eigenvalue weighted by molar-refractivity contribution is -0.137. The summed E-state index contributed by atoms with van der Waals surface area (Å²) in [5.41, 5.74) is 4.26. The van der Waals surface area contributed by atoms with E-state index < -0.39 is 90.7 Å². The molecule has 0 radical (unpaired) electrons. The number of hydrogen-bond donors (Lipinski definition) is 10. The van der Waals surface area contributed by atoms with Crippen LogP contribution in [0.3, 0.4) is 0 Å². The number of amides is 2. The Morgan fingerprint density at radius 2 is 1.36 bits per heavy atom. The van der Waals surface area contributed by atoms with E-state index in [4.69, 9.17) is 19.5 Å². The first-order valence-electron chi connectivity index (χ1n) is 25.7. The Bertz CT molecular complexity index is 2140. The summed E-state index contributed by atoms with van der Waals surface area (Å²) in [6.07, 6.45) is 17.3. The van der Waals surface area contributed by atoms with E-state index in [0.29, 0.717) is 6.42 Å². The minimum Gasteiger partial charge on any atom is -0.393 e. The molecule has 29 heteroatoms. The fourth-order valence-corrected chi connectivity index (χ4v) is 11.7. The largest absolute Gasteiger partial charge is 0.481 e. The number of nitrogens with zero attached hydrogens (tertiary/aromatic N) is 4. The van der Waals surface area contributed by atoms with E-state index in [1.54, 1.807) is 0 Å². The van der Waals surface area contributed by atoms with Gasteiger partial charge in [0.2, 0.25) is 11.8 Å². The van der Waals surface area contributed by atoms with Crippen LogP contribution in [0.2, 0.25) is 0 Å². The Morgan fingerprint density at radius 3 is 1.93 bits per heavy atom. The molecule has 3 rings (SSSR count). The van der Waals surface area contributed by atoms with E-state index in [2.05, 4.69) is 41.3 Å². The number of aliphatic hydroxyl groups is 3. The van der Waals surface area contributed by atoms with Crippen LogP contribution in [0.15, 0.2) is 12.7 Å². The van der Waals surface area contributed by atoms with Gasteiger partial charge in [-0.05, 0) is 6.42 Å². The molecule has 3 heterocycles. The molecule has 1 fully saturated rings. The number of rotatable bonds is 41. The van der Waals surface area contributed by atoms with Gasteiger partial charge in [-0.15, -0.1) is 0 Å². The highest BCUT2D eigenvalue weighted by atomic mass is 32.2. The number of thioether (sulfide) groups is 1. The summed E-state index contributed by atoms with van der Waals surface area (Å²) in [6.45, 7) is 2.67. The zero-order valence-corrected chi connectivity index (χ0v) is 46.4. The van der Waals surface area contributed by atoms with Gasteiger partial charge in [-0.2, -0.15) is 4.31 Å². The molecule has 426 valence electrons. The summed E-state index contributed by atoms with van der Waals surface area (Å²) in [7, 11) is -16.4. The predicted molar refractivity (Wildman–Crippen MR) is 276 cm³/mol. The van der Waals surface area contributed by atoms with Crippen molar-refractivity contribution in [2.45, 2.75) is 199 Å². The number of carbonyl (C=O) groups excluding carboxylic acids is 3. The third-order valence-corrected chi connectivity index (χ3v) is 16.3. The van der Waals surface area contributed by atoms with Crippen LogP contribution in [-0.2, 0) is 50.7 Å². The molecule has 1 aliphatic heterocycles. The summed E-state index contributed by atoms with van der Waals surface area (Å²) in [4.78, 5) is 88.7. The third kappa shape index (κ3) is 25.8. The molecule has 2 aromatic rings. The molecule has 1 saturated heterocycles. The molecule has 0 aliphatic carbocycles. The lowest BCUT2D eigenvalue weighted by atomic mass is 9.87. The van der Waals surface area contributed by atoms with Crippen molar-refractivity contribution in [2.24, 2.45) is 5.41 Å². The summed E-state index contributed by atoms with van der Waals surface area (Å²) in [5, 5.41) is 36.7. The number of aliphatic hydroxyl groups excluding tert-OH is 3. The minimum absolute atomic E-state index is 0.0273. The van der Waals surface area contributed by atoms with Crippen LogP contribution in [-0.4, -0.2) is 134 Å². The van der Waals surface area contributed by atoms with Crippen LogP contribution in [0.4, 0.5) is 5.82 Å². The Kier molecular flexibility index (Phi) is 30.0. The van der Waals surface area contributed by atoms with Crippen molar-refractivity contribution < 1.29 is 85.6 Å². The topological polar surface area (TPSA) is 384 Å². The number of imidazole rings is 1. The molecule has 0 saturated carbocycles. The Labute approximate surface area is 438 Å². The number of aromatic nitrogens is 4. The number of nitrogen functional groups attached to an aromatic ring is 1. The van der Waals surface area contributed by atoms with E-state index >= 15 is 0 Å². The average Bonchev–Trinajstić information content (AvgIpc) is 3.89.